The number of hydrogen-bond acceptors (Lipinski definition) is 3. The van der Waals surface area contributed by atoms with Gasteiger partial charge in [0.25, 0.3) is 0 Å². The molecule has 3 heteroatoms. The average molecular weight is 295 g/mol. The Morgan fingerprint density at radius 1 is 1.18 bits per heavy atom. The third-order valence-electron chi connectivity index (χ3n) is 4.02. The number of benzene rings is 1. The fourth-order valence-corrected chi connectivity index (χ4v) is 2.76. The van der Waals surface area contributed by atoms with Crippen LogP contribution in [0.2, 0.25) is 0 Å². The van der Waals surface area contributed by atoms with Crippen molar-refractivity contribution in [2.24, 2.45) is 5.92 Å². The summed E-state index contributed by atoms with van der Waals surface area (Å²) in [7, 11) is 0. The molecule has 0 radical (unpaired) electrons. The monoisotopic (exact) mass is 295 g/mol. The van der Waals surface area contributed by atoms with Crippen molar-refractivity contribution >= 4 is 5.97 Å². The summed E-state index contributed by atoms with van der Waals surface area (Å²) in [4.78, 5) is 11.6. The highest BCUT2D eigenvalue weighted by Crippen LogP contribution is 2.35. The highest BCUT2D eigenvalue weighted by atomic mass is 16.5. The zero-order valence-electron chi connectivity index (χ0n) is 12.9. The summed E-state index contributed by atoms with van der Waals surface area (Å²) in [5.41, 5.74) is 1.26. The summed E-state index contributed by atoms with van der Waals surface area (Å²) in [6, 6.07) is 10.1. The minimum absolute atomic E-state index is 0.223. The highest BCUT2D eigenvalue weighted by Gasteiger charge is 2.21. The van der Waals surface area contributed by atoms with Crippen LogP contribution >= 0.6 is 0 Å². The molecule has 1 fully saturated rings. The smallest absolute Gasteiger partial charge is 0.336 e. The van der Waals surface area contributed by atoms with E-state index in [-0.39, 0.29) is 11.9 Å². The molecule has 22 heavy (non-hydrogen) atoms. The summed E-state index contributed by atoms with van der Waals surface area (Å²) in [5.74, 6) is 0.925. The maximum absolute atomic E-state index is 11.6. The third-order valence-corrected chi connectivity index (χ3v) is 4.02. The first kappa shape index (κ1) is 16.0. The van der Waals surface area contributed by atoms with Crippen LogP contribution in [-0.4, -0.2) is 5.97 Å². The predicted octanol–water partition coefficient (Wildman–Crippen LogP) is 4.52. The molecule has 0 atom stereocenters. The Kier molecular flexibility index (Phi) is 5.97. The van der Waals surface area contributed by atoms with Crippen LogP contribution in [-0.2, 0) is 4.79 Å². The van der Waals surface area contributed by atoms with E-state index in [1.807, 2.05) is 37.3 Å². The molecule has 3 nitrogen and oxygen atoms in total. The van der Waals surface area contributed by atoms with E-state index in [0.717, 1.165) is 25.7 Å². The van der Waals surface area contributed by atoms with Crippen molar-refractivity contribution in [2.45, 2.75) is 38.5 Å². The first-order valence-corrected chi connectivity index (χ1v) is 7.73. The second kappa shape index (κ2) is 8.19. The molecule has 0 spiro atoms. The molecule has 0 amide bonds. The van der Waals surface area contributed by atoms with Gasteiger partial charge in [-0.25, -0.2) is 4.79 Å². The van der Waals surface area contributed by atoms with E-state index >= 15 is 0 Å². The minimum Gasteiger partial charge on any atom is -0.423 e. The number of rotatable bonds is 4. The number of carbonyl (C=O) groups excluding carboxylic acids is 1. The molecule has 1 aromatic carbocycles. The Bertz CT molecular complexity index is 585. The normalized spacial score (nSPS) is 21.8. The topological polar surface area (TPSA) is 50.1 Å². The first-order valence-electron chi connectivity index (χ1n) is 7.73. The lowest BCUT2D eigenvalue weighted by atomic mass is 9.79. The zero-order chi connectivity index (χ0) is 15.8. The Labute approximate surface area is 131 Å². The second-order valence-corrected chi connectivity index (χ2v) is 5.55. The number of esters is 1. The van der Waals surface area contributed by atoms with Gasteiger partial charge in [-0.2, -0.15) is 5.26 Å². The van der Waals surface area contributed by atoms with Gasteiger partial charge in [-0.15, -0.1) is 0 Å². The van der Waals surface area contributed by atoms with Crippen molar-refractivity contribution in [2.75, 3.05) is 0 Å². The molecule has 0 aromatic heterocycles. The van der Waals surface area contributed by atoms with Crippen LogP contribution in [0.4, 0.5) is 0 Å². The summed E-state index contributed by atoms with van der Waals surface area (Å²) < 4.78 is 5.24. The lowest BCUT2D eigenvalue weighted by Crippen LogP contribution is -2.12. The lowest BCUT2D eigenvalue weighted by Gasteiger charge is -2.25. The summed E-state index contributed by atoms with van der Waals surface area (Å²) in [6.07, 6.45) is 10.8. The Balaban J connectivity index is 1.91. The van der Waals surface area contributed by atoms with Crippen LogP contribution in [0, 0.1) is 17.2 Å². The molecule has 1 aromatic rings. The summed E-state index contributed by atoms with van der Waals surface area (Å²) in [5, 5.41) is 8.94. The molecule has 0 aliphatic heterocycles. The van der Waals surface area contributed by atoms with Crippen LogP contribution in [0.15, 0.2) is 48.6 Å². The SMILES string of the molecule is C/C=C/C=C/C(=O)Oc1ccc(C2CCC(C#N)CC2)cc1. The van der Waals surface area contributed by atoms with E-state index in [9.17, 15) is 4.79 Å². The molecular weight excluding hydrogens is 274 g/mol. The number of ether oxygens (including phenoxy) is 1. The number of nitriles is 1. The van der Waals surface area contributed by atoms with Crippen LogP contribution in [0.3, 0.4) is 0 Å². The van der Waals surface area contributed by atoms with Gasteiger partial charge >= 0.3 is 5.97 Å². The van der Waals surface area contributed by atoms with Crippen LogP contribution < -0.4 is 4.74 Å². The highest BCUT2D eigenvalue weighted by molar-refractivity contribution is 5.84. The van der Waals surface area contributed by atoms with Gasteiger partial charge in [-0.05, 0) is 56.2 Å². The number of nitrogens with zero attached hydrogens (tertiary/aromatic N) is 1. The van der Waals surface area contributed by atoms with Gasteiger partial charge in [0.1, 0.15) is 5.75 Å². The van der Waals surface area contributed by atoms with E-state index in [4.69, 9.17) is 10.00 Å². The number of carbonyl (C=O) groups is 1. The van der Waals surface area contributed by atoms with Gasteiger partial charge in [0.05, 0.1) is 6.07 Å². The fraction of sp³-hybridized carbons (Fsp3) is 0.368. The largest absolute Gasteiger partial charge is 0.423 e. The van der Waals surface area contributed by atoms with Gasteiger partial charge < -0.3 is 4.74 Å². The Morgan fingerprint density at radius 3 is 2.45 bits per heavy atom. The number of hydrogen-bond donors (Lipinski definition) is 0. The van der Waals surface area contributed by atoms with E-state index in [1.165, 1.54) is 11.6 Å². The quantitative estimate of drug-likeness (QED) is 0.355. The van der Waals surface area contributed by atoms with Crippen molar-refractivity contribution in [3.05, 3.63) is 54.1 Å². The van der Waals surface area contributed by atoms with Gasteiger partial charge in [-0.1, -0.05) is 30.4 Å². The average Bonchev–Trinajstić information content (AvgIpc) is 2.56. The molecule has 2 rings (SSSR count). The summed E-state index contributed by atoms with van der Waals surface area (Å²) >= 11 is 0. The van der Waals surface area contributed by atoms with E-state index in [2.05, 4.69) is 6.07 Å². The molecule has 0 N–H and O–H groups in total. The Morgan fingerprint density at radius 2 is 1.86 bits per heavy atom. The third kappa shape index (κ3) is 4.60. The van der Waals surface area contributed by atoms with Crippen molar-refractivity contribution in [3.8, 4) is 11.8 Å². The second-order valence-electron chi connectivity index (χ2n) is 5.55. The molecule has 0 heterocycles. The van der Waals surface area contributed by atoms with Gasteiger partial charge in [-0.3, -0.25) is 0 Å². The lowest BCUT2D eigenvalue weighted by molar-refractivity contribution is -0.128. The molecule has 0 saturated heterocycles. The van der Waals surface area contributed by atoms with E-state index in [0.29, 0.717) is 11.7 Å². The molecule has 1 saturated carbocycles. The van der Waals surface area contributed by atoms with Crippen molar-refractivity contribution in [1.29, 1.82) is 5.26 Å². The van der Waals surface area contributed by atoms with E-state index in [1.54, 1.807) is 12.2 Å². The van der Waals surface area contributed by atoms with Crippen LogP contribution in [0.5, 0.6) is 5.75 Å². The standard InChI is InChI=1S/C19H21NO2/c1-2-3-4-5-19(21)22-18-12-10-17(11-13-18)16-8-6-15(14-20)7-9-16/h2-5,10-13,15-16H,6-9H2,1H3/b3-2+,5-4+. The molecule has 1 aliphatic carbocycles. The van der Waals surface area contributed by atoms with E-state index < -0.39 is 0 Å². The van der Waals surface area contributed by atoms with Crippen LogP contribution in [0.25, 0.3) is 0 Å². The Hall–Kier alpha value is -2.34. The number of allylic oxidation sites excluding steroid dienone is 3. The fourth-order valence-electron chi connectivity index (χ4n) is 2.76. The maximum Gasteiger partial charge on any atom is 0.336 e. The van der Waals surface area contributed by atoms with Gasteiger partial charge in [0.15, 0.2) is 0 Å². The van der Waals surface area contributed by atoms with Crippen LogP contribution in [0.1, 0.15) is 44.1 Å². The molecule has 114 valence electrons. The zero-order valence-corrected chi connectivity index (χ0v) is 12.9. The van der Waals surface area contributed by atoms with Gasteiger partial charge in [0.2, 0.25) is 0 Å². The van der Waals surface area contributed by atoms with Crippen molar-refractivity contribution < 1.29 is 9.53 Å². The maximum atomic E-state index is 11.6. The molecular formula is C19H21NO2. The predicted molar refractivity (Wildman–Crippen MR) is 86.3 cm³/mol. The molecule has 0 bridgehead atoms. The van der Waals surface area contributed by atoms with Gasteiger partial charge in [0, 0.05) is 12.0 Å². The minimum atomic E-state index is -0.375. The molecule has 0 unspecified atom stereocenters. The van der Waals surface area contributed by atoms with Crippen molar-refractivity contribution in [3.63, 3.8) is 0 Å². The molecule has 1 aliphatic rings. The first-order chi connectivity index (χ1) is 10.7. The van der Waals surface area contributed by atoms with Crippen molar-refractivity contribution in [1.82, 2.24) is 0 Å². The summed E-state index contributed by atoms with van der Waals surface area (Å²) in [6.45, 7) is 1.89.